The Morgan fingerprint density at radius 3 is 2.43 bits per heavy atom. The Kier molecular flexibility index (Phi) is 6.91. The van der Waals surface area contributed by atoms with Gasteiger partial charge in [0, 0.05) is 11.6 Å². The Bertz CT molecular complexity index is 497. The van der Waals surface area contributed by atoms with Gasteiger partial charge < -0.3 is 10.6 Å². The number of amides is 1. The van der Waals surface area contributed by atoms with Gasteiger partial charge in [-0.05, 0) is 61.9 Å². The van der Waals surface area contributed by atoms with Crippen LogP contribution in [0, 0.1) is 5.92 Å². The maximum atomic E-state index is 12.4. The van der Waals surface area contributed by atoms with Gasteiger partial charge in [0.25, 0.3) is 5.91 Å². The van der Waals surface area contributed by atoms with Crippen LogP contribution in [-0.2, 0) is 0 Å². The first-order chi connectivity index (χ1) is 10.7. The number of hydrogen-bond donors (Lipinski definition) is 2. The number of benzene rings is 1. The lowest BCUT2D eigenvalue weighted by Gasteiger charge is -2.30. The van der Waals surface area contributed by atoms with Gasteiger partial charge in [-0.25, -0.2) is 0 Å². The second kappa shape index (κ2) is 8.70. The lowest BCUT2D eigenvalue weighted by atomic mass is 9.84. The van der Waals surface area contributed by atoms with Crippen molar-refractivity contribution in [3.8, 4) is 0 Å². The summed E-state index contributed by atoms with van der Waals surface area (Å²) in [6.45, 7) is 4.19. The van der Waals surface area contributed by atoms with Gasteiger partial charge in [0.1, 0.15) is 0 Å². The highest BCUT2D eigenvalue weighted by atomic mass is 35.5. The minimum atomic E-state index is 0. The lowest BCUT2D eigenvalue weighted by Crippen LogP contribution is -2.48. The van der Waals surface area contributed by atoms with Gasteiger partial charge in [0.05, 0.1) is 0 Å². The zero-order chi connectivity index (χ0) is 15.4. The average molecular weight is 337 g/mol. The third-order valence-electron chi connectivity index (χ3n) is 5.35. The first kappa shape index (κ1) is 18.3. The van der Waals surface area contributed by atoms with E-state index in [9.17, 15) is 4.79 Å². The highest BCUT2D eigenvalue weighted by Crippen LogP contribution is 2.32. The van der Waals surface area contributed by atoms with Crippen molar-refractivity contribution < 1.29 is 4.79 Å². The number of carbonyl (C=O) groups is 1. The monoisotopic (exact) mass is 336 g/mol. The van der Waals surface area contributed by atoms with Crippen LogP contribution < -0.4 is 10.6 Å². The Labute approximate surface area is 146 Å². The number of piperidine rings is 1. The molecule has 1 heterocycles. The summed E-state index contributed by atoms with van der Waals surface area (Å²) in [6.07, 6.45) is 7.70. The Hall–Kier alpha value is -1.06. The Morgan fingerprint density at radius 1 is 1.09 bits per heavy atom. The molecule has 1 saturated heterocycles. The first-order valence-electron chi connectivity index (χ1n) is 8.85. The molecule has 1 aliphatic carbocycles. The van der Waals surface area contributed by atoms with Crippen molar-refractivity contribution in [1.29, 1.82) is 0 Å². The van der Waals surface area contributed by atoms with Crippen molar-refractivity contribution in [1.82, 2.24) is 10.6 Å². The maximum absolute atomic E-state index is 12.4. The van der Waals surface area contributed by atoms with Crippen molar-refractivity contribution in [3.63, 3.8) is 0 Å². The quantitative estimate of drug-likeness (QED) is 0.879. The molecule has 1 aromatic rings. The van der Waals surface area contributed by atoms with Crippen LogP contribution in [0.1, 0.15) is 67.3 Å². The Morgan fingerprint density at radius 2 is 1.78 bits per heavy atom. The van der Waals surface area contributed by atoms with Crippen LogP contribution in [0.4, 0.5) is 0 Å². The van der Waals surface area contributed by atoms with Crippen LogP contribution in [0.3, 0.4) is 0 Å². The van der Waals surface area contributed by atoms with Gasteiger partial charge in [0.15, 0.2) is 0 Å². The van der Waals surface area contributed by atoms with Crippen LogP contribution in [0.5, 0.6) is 0 Å². The molecule has 1 amide bonds. The molecule has 2 fully saturated rings. The molecule has 1 aliphatic heterocycles. The highest BCUT2D eigenvalue weighted by Gasteiger charge is 2.23. The molecule has 2 N–H and O–H groups in total. The summed E-state index contributed by atoms with van der Waals surface area (Å²) in [5.74, 6) is 1.28. The summed E-state index contributed by atoms with van der Waals surface area (Å²) < 4.78 is 0. The van der Waals surface area contributed by atoms with E-state index in [1.807, 2.05) is 12.1 Å². The van der Waals surface area contributed by atoms with E-state index in [1.54, 1.807) is 0 Å². The van der Waals surface area contributed by atoms with Crippen molar-refractivity contribution >= 4 is 18.3 Å². The van der Waals surface area contributed by atoms with E-state index < -0.39 is 0 Å². The predicted octanol–water partition coefficient (Wildman–Crippen LogP) is 3.88. The molecule has 3 rings (SSSR count). The number of rotatable bonds is 3. The predicted molar refractivity (Wildman–Crippen MR) is 97.4 cm³/mol. The van der Waals surface area contributed by atoms with E-state index in [0.29, 0.717) is 17.9 Å². The van der Waals surface area contributed by atoms with Crippen LogP contribution in [-0.4, -0.2) is 25.0 Å². The summed E-state index contributed by atoms with van der Waals surface area (Å²) in [7, 11) is 0. The van der Waals surface area contributed by atoms with E-state index in [-0.39, 0.29) is 18.3 Å². The van der Waals surface area contributed by atoms with E-state index >= 15 is 0 Å². The molecule has 4 heteroatoms. The number of carbonyl (C=O) groups excluding carboxylic acids is 1. The summed E-state index contributed by atoms with van der Waals surface area (Å²) in [5.41, 5.74) is 2.21. The molecule has 128 valence electrons. The largest absolute Gasteiger partial charge is 0.349 e. The van der Waals surface area contributed by atoms with E-state index in [2.05, 4.69) is 29.7 Å². The first-order valence-corrected chi connectivity index (χ1v) is 8.85. The van der Waals surface area contributed by atoms with Gasteiger partial charge in [0.2, 0.25) is 0 Å². The fraction of sp³-hybridized carbons (Fsp3) is 0.632. The molecule has 2 atom stereocenters. The molecule has 1 aromatic carbocycles. The molecule has 2 unspecified atom stereocenters. The SMILES string of the molecule is CC1CNCCC1NC(=O)c1ccc(C2CCCCC2)cc1.Cl. The summed E-state index contributed by atoms with van der Waals surface area (Å²) >= 11 is 0. The van der Waals surface area contributed by atoms with Gasteiger partial charge in [-0.1, -0.05) is 38.3 Å². The molecule has 0 radical (unpaired) electrons. The average Bonchev–Trinajstić information content (AvgIpc) is 2.58. The van der Waals surface area contributed by atoms with Crippen molar-refractivity contribution in [3.05, 3.63) is 35.4 Å². The minimum absolute atomic E-state index is 0. The molecule has 0 bridgehead atoms. The zero-order valence-corrected chi connectivity index (χ0v) is 14.8. The number of hydrogen-bond acceptors (Lipinski definition) is 2. The molecule has 23 heavy (non-hydrogen) atoms. The number of nitrogens with one attached hydrogen (secondary N) is 2. The molecule has 3 nitrogen and oxygen atoms in total. The van der Waals surface area contributed by atoms with Crippen molar-refractivity contribution in [2.75, 3.05) is 13.1 Å². The third kappa shape index (κ3) is 4.71. The standard InChI is InChI=1S/C19H28N2O.ClH/c1-14-13-20-12-11-18(14)21-19(22)17-9-7-16(8-10-17)15-5-3-2-4-6-15;/h7-10,14-15,18,20H,2-6,11-13H2,1H3,(H,21,22);1H. The van der Waals surface area contributed by atoms with Crippen molar-refractivity contribution in [2.45, 2.75) is 57.4 Å². The lowest BCUT2D eigenvalue weighted by molar-refractivity contribution is 0.0914. The number of halogens is 1. The van der Waals surface area contributed by atoms with Crippen molar-refractivity contribution in [2.24, 2.45) is 5.92 Å². The normalized spacial score (nSPS) is 25.4. The molecular weight excluding hydrogens is 308 g/mol. The van der Waals surface area contributed by atoms with E-state index in [0.717, 1.165) is 25.1 Å². The smallest absolute Gasteiger partial charge is 0.251 e. The molecule has 0 aromatic heterocycles. The van der Waals surface area contributed by atoms with E-state index in [1.165, 1.54) is 37.7 Å². The van der Waals surface area contributed by atoms with Gasteiger partial charge in [-0.3, -0.25) is 4.79 Å². The van der Waals surface area contributed by atoms with Gasteiger partial charge in [-0.15, -0.1) is 12.4 Å². The van der Waals surface area contributed by atoms with Crippen LogP contribution in [0.2, 0.25) is 0 Å². The second-order valence-electron chi connectivity index (χ2n) is 7.01. The molecule has 0 spiro atoms. The zero-order valence-electron chi connectivity index (χ0n) is 14.0. The third-order valence-corrected chi connectivity index (χ3v) is 5.35. The van der Waals surface area contributed by atoms with Gasteiger partial charge >= 0.3 is 0 Å². The summed E-state index contributed by atoms with van der Waals surface area (Å²) in [4.78, 5) is 12.4. The topological polar surface area (TPSA) is 41.1 Å². The highest BCUT2D eigenvalue weighted by molar-refractivity contribution is 5.94. The second-order valence-corrected chi connectivity index (χ2v) is 7.01. The van der Waals surface area contributed by atoms with Crippen LogP contribution >= 0.6 is 12.4 Å². The van der Waals surface area contributed by atoms with E-state index in [4.69, 9.17) is 0 Å². The summed E-state index contributed by atoms with van der Waals surface area (Å²) in [5, 5.41) is 6.57. The fourth-order valence-electron chi connectivity index (χ4n) is 3.82. The molecule has 1 saturated carbocycles. The Balaban J connectivity index is 0.00000192. The van der Waals surface area contributed by atoms with Crippen LogP contribution in [0.15, 0.2) is 24.3 Å². The van der Waals surface area contributed by atoms with Gasteiger partial charge in [-0.2, -0.15) is 0 Å². The summed E-state index contributed by atoms with van der Waals surface area (Å²) in [6, 6.07) is 8.63. The fourth-order valence-corrected chi connectivity index (χ4v) is 3.82. The minimum Gasteiger partial charge on any atom is -0.349 e. The van der Waals surface area contributed by atoms with Crippen LogP contribution in [0.25, 0.3) is 0 Å². The molecular formula is C19H29ClN2O. The maximum Gasteiger partial charge on any atom is 0.251 e. The molecule has 2 aliphatic rings.